The lowest BCUT2D eigenvalue weighted by Crippen LogP contribution is -2.32. The van der Waals surface area contributed by atoms with Crippen molar-refractivity contribution in [3.63, 3.8) is 0 Å². The summed E-state index contributed by atoms with van der Waals surface area (Å²) in [5, 5.41) is 5.11. The summed E-state index contributed by atoms with van der Waals surface area (Å²) in [6.45, 7) is 5.02. The van der Waals surface area contributed by atoms with Crippen LogP contribution in [0.15, 0.2) is 42.5 Å². The predicted molar refractivity (Wildman–Crippen MR) is 99.0 cm³/mol. The molecule has 0 unspecified atom stereocenters. The van der Waals surface area contributed by atoms with Gasteiger partial charge in [-0.2, -0.15) is 0 Å². The molecule has 0 spiro atoms. The molecule has 0 saturated carbocycles. The van der Waals surface area contributed by atoms with Gasteiger partial charge in [0.25, 0.3) is 11.8 Å². The topological polar surface area (TPSA) is 84.5 Å². The highest BCUT2D eigenvalue weighted by molar-refractivity contribution is 5.97. The predicted octanol–water partition coefficient (Wildman–Crippen LogP) is 2.52. The number of nitrogens with one attached hydrogen (secondary N) is 2. The van der Waals surface area contributed by atoms with E-state index in [2.05, 4.69) is 10.6 Å². The molecular weight excluding hydrogens is 332 g/mol. The molecule has 6 nitrogen and oxygen atoms in total. The zero-order valence-electron chi connectivity index (χ0n) is 15.1. The van der Waals surface area contributed by atoms with Crippen molar-refractivity contribution in [1.82, 2.24) is 5.32 Å². The monoisotopic (exact) mass is 354 g/mol. The molecule has 0 aromatic heterocycles. The third-order valence-electron chi connectivity index (χ3n) is 3.58. The van der Waals surface area contributed by atoms with Gasteiger partial charge in [-0.3, -0.25) is 14.4 Å². The molecule has 2 N–H and O–H groups in total. The first-order valence-corrected chi connectivity index (χ1v) is 8.22. The second kappa shape index (κ2) is 8.80. The summed E-state index contributed by atoms with van der Waals surface area (Å²) in [7, 11) is 0. The molecular formula is C20H22N2O4. The summed E-state index contributed by atoms with van der Waals surface area (Å²) < 4.78 is 4.87. The molecule has 136 valence electrons. The molecule has 0 aliphatic carbocycles. The smallest absolute Gasteiger partial charge is 0.325 e. The van der Waals surface area contributed by atoms with E-state index in [0.29, 0.717) is 11.3 Å². The summed E-state index contributed by atoms with van der Waals surface area (Å²) in [6, 6.07) is 12.7. The number of hydrogen-bond donors (Lipinski definition) is 2. The summed E-state index contributed by atoms with van der Waals surface area (Å²) in [5.74, 6) is -1.48. The zero-order chi connectivity index (χ0) is 19.1. The molecule has 0 aliphatic heterocycles. The van der Waals surface area contributed by atoms with Crippen LogP contribution in [0, 0.1) is 20.8 Å². The molecule has 0 saturated heterocycles. The molecule has 6 heteroatoms. The van der Waals surface area contributed by atoms with Crippen LogP contribution in [0.2, 0.25) is 0 Å². The molecule has 2 aromatic carbocycles. The van der Waals surface area contributed by atoms with Crippen molar-refractivity contribution < 1.29 is 19.1 Å². The van der Waals surface area contributed by atoms with E-state index in [0.717, 1.165) is 16.7 Å². The number of carbonyl (C=O) groups excluding carboxylic acids is 3. The fourth-order valence-electron chi connectivity index (χ4n) is 2.39. The standard InChI is InChI=1S/C20H22N2O4/c1-13-4-6-17(7-5-13)22-18(23)12-26-19(24)11-21-20(25)16-9-14(2)8-15(3)10-16/h4-10H,11-12H2,1-3H3,(H,21,25)(H,22,23). The number of carbonyl (C=O) groups is 3. The number of rotatable bonds is 6. The van der Waals surface area contributed by atoms with E-state index in [1.54, 1.807) is 24.3 Å². The molecule has 26 heavy (non-hydrogen) atoms. The van der Waals surface area contributed by atoms with Crippen LogP contribution < -0.4 is 10.6 Å². The Balaban J connectivity index is 1.75. The second-order valence-corrected chi connectivity index (χ2v) is 6.13. The Labute approximate surface area is 152 Å². The van der Waals surface area contributed by atoms with Crippen LogP contribution in [0.1, 0.15) is 27.0 Å². The van der Waals surface area contributed by atoms with Gasteiger partial charge in [-0.1, -0.05) is 34.9 Å². The molecule has 0 atom stereocenters. The highest BCUT2D eigenvalue weighted by Crippen LogP contribution is 2.09. The molecule has 0 aliphatic rings. The van der Waals surface area contributed by atoms with Crippen LogP contribution in [-0.4, -0.2) is 30.9 Å². The van der Waals surface area contributed by atoms with Crippen LogP contribution in [0.25, 0.3) is 0 Å². The van der Waals surface area contributed by atoms with E-state index in [-0.39, 0.29) is 12.5 Å². The van der Waals surface area contributed by atoms with Crippen molar-refractivity contribution in [3.8, 4) is 0 Å². The summed E-state index contributed by atoms with van der Waals surface area (Å²) in [4.78, 5) is 35.5. The minimum atomic E-state index is -0.679. The van der Waals surface area contributed by atoms with Gasteiger partial charge in [-0.15, -0.1) is 0 Å². The maximum absolute atomic E-state index is 12.1. The Morgan fingerprint density at radius 1 is 0.885 bits per heavy atom. The lowest BCUT2D eigenvalue weighted by atomic mass is 10.1. The lowest BCUT2D eigenvalue weighted by molar-refractivity contribution is -0.146. The minimum absolute atomic E-state index is 0.302. The Bertz CT molecular complexity index is 793. The van der Waals surface area contributed by atoms with E-state index in [9.17, 15) is 14.4 Å². The fraction of sp³-hybridized carbons (Fsp3) is 0.250. The maximum atomic E-state index is 12.1. The van der Waals surface area contributed by atoms with Gasteiger partial charge in [-0.25, -0.2) is 0 Å². The van der Waals surface area contributed by atoms with Gasteiger partial charge in [0.2, 0.25) is 0 Å². The SMILES string of the molecule is Cc1ccc(NC(=O)COC(=O)CNC(=O)c2cc(C)cc(C)c2)cc1. The maximum Gasteiger partial charge on any atom is 0.325 e. The number of aryl methyl sites for hydroxylation is 3. The molecule has 0 radical (unpaired) electrons. The van der Waals surface area contributed by atoms with Crippen molar-refractivity contribution in [3.05, 3.63) is 64.7 Å². The van der Waals surface area contributed by atoms with Crippen molar-refractivity contribution >= 4 is 23.5 Å². The van der Waals surface area contributed by atoms with E-state index in [1.807, 2.05) is 39.0 Å². The van der Waals surface area contributed by atoms with Crippen LogP contribution in [-0.2, 0) is 14.3 Å². The van der Waals surface area contributed by atoms with E-state index in [4.69, 9.17) is 4.74 Å². The van der Waals surface area contributed by atoms with Gasteiger partial charge in [0, 0.05) is 11.3 Å². The van der Waals surface area contributed by atoms with E-state index < -0.39 is 18.5 Å². The summed E-state index contributed by atoms with van der Waals surface area (Å²) in [5.41, 5.74) is 4.11. The van der Waals surface area contributed by atoms with Crippen molar-refractivity contribution in [1.29, 1.82) is 0 Å². The van der Waals surface area contributed by atoms with Crippen LogP contribution in [0.4, 0.5) is 5.69 Å². The average Bonchev–Trinajstić information content (AvgIpc) is 2.59. The lowest BCUT2D eigenvalue weighted by Gasteiger charge is -2.08. The van der Waals surface area contributed by atoms with Gasteiger partial charge < -0.3 is 15.4 Å². The fourth-order valence-corrected chi connectivity index (χ4v) is 2.39. The zero-order valence-corrected chi connectivity index (χ0v) is 15.1. The van der Waals surface area contributed by atoms with Crippen LogP contribution in [0.5, 0.6) is 0 Å². The Morgan fingerprint density at radius 3 is 2.12 bits per heavy atom. The number of esters is 1. The number of benzene rings is 2. The molecule has 0 bridgehead atoms. The molecule has 2 amide bonds. The number of hydrogen-bond acceptors (Lipinski definition) is 4. The van der Waals surface area contributed by atoms with Crippen LogP contribution >= 0.6 is 0 Å². The Hall–Kier alpha value is -3.15. The van der Waals surface area contributed by atoms with Gasteiger partial charge in [0.1, 0.15) is 6.54 Å². The molecule has 0 heterocycles. The first-order valence-electron chi connectivity index (χ1n) is 8.22. The van der Waals surface area contributed by atoms with Crippen molar-refractivity contribution in [2.75, 3.05) is 18.5 Å². The van der Waals surface area contributed by atoms with Gasteiger partial charge in [0.15, 0.2) is 6.61 Å². The summed E-state index contributed by atoms with van der Waals surface area (Å²) >= 11 is 0. The summed E-state index contributed by atoms with van der Waals surface area (Å²) in [6.07, 6.45) is 0. The third-order valence-corrected chi connectivity index (χ3v) is 3.58. The van der Waals surface area contributed by atoms with Crippen molar-refractivity contribution in [2.45, 2.75) is 20.8 Å². The Kier molecular flexibility index (Phi) is 6.49. The van der Waals surface area contributed by atoms with E-state index in [1.165, 1.54) is 0 Å². The quantitative estimate of drug-likeness (QED) is 0.781. The molecule has 2 aromatic rings. The average molecular weight is 354 g/mol. The number of ether oxygens (including phenoxy) is 1. The normalized spacial score (nSPS) is 10.1. The minimum Gasteiger partial charge on any atom is -0.454 e. The highest BCUT2D eigenvalue weighted by Gasteiger charge is 2.11. The van der Waals surface area contributed by atoms with Gasteiger partial charge >= 0.3 is 5.97 Å². The highest BCUT2D eigenvalue weighted by atomic mass is 16.5. The van der Waals surface area contributed by atoms with E-state index >= 15 is 0 Å². The first-order chi connectivity index (χ1) is 12.3. The number of amides is 2. The third kappa shape index (κ3) is 6.05. The second-order valence-electron chi connectivity index (χ2n) is 6.13. The Morgan fingerprint density at radius 2 is 1.50 bits per heavy atom. The first kappa shape index (κ1) is 19.2. The van der Waals surface area contributed by atoms with Gasteiger partial charge in [-0.05, 0) is 45.0 Å². The number of anilines is 1. The largest absolute Gasteiger partial charge is 0.454 e. The van der Waals surface area contributed by atoms with Crippen LogP contribution in [0.3, 0.4) is 0 Å². The van der Waals surface area contributed by atoms with Gasteiger partial charge in [0.05, 0.1) is 0 Å². The molecule has 2 rings (SSSR count). The van der Waals surface area contributed by atoms with Crippen molar-refractivity contribution in [2.24, 2.45) is 0 Å². The molecule has 0 fully saturated rings.